The zero-order valence-corrected chi connectivity index (χ0v) is 10.9. The quantitative estimate of drug-likeness (QED) is 0.890. The van der Waals surface area contributed by atoms with E-state index in [2.05, 4.69) is 10.3 Å². The summed E-state index contributed by atoms with van der Waals surface area (Å²) in [7, 11) is 0. The van der Waals surface area contributed by atoms with E-state index in [9.17, 15) is 14.7 Å². The van der Waals surface area contributed by atoms with Gasteiger partial charge in [0, 0.05) is 6.20 Å². The zero-order valence-electron chi connectivity index (χ0n) is 10.9. The Morgan fingerprint density at radius 1 is 1.15 bits per heavy atom. The van der Waals surface area contributed by atoms with Crippen LogP contribution in [0.3, 0.4) is 0 Å². The summed E-state index contributed by atoms with van der Waals surface area (Å²) in [5.41, 5.74) is 1.44. The van der Waals surface area contributed by atoms with Crippen LogP contribution < -0.4 is 5.32 Å². The SMILES string of the molecule is Cc1cccnc1C(=O)N[C@@H](C(=O)O)c1ccccc1. The summed E-state index contributed by atoms with van der Waals surface area (Å²) in [6.07, 6.45) is 1.50. The Labute approximate surface area is 116 Å². The van der Waals surface area contributed by atoms with Crippen LogP contribution in [0.25, 0.3) is 0 Å². The number of aliphatic carboxylic acids is 1. The number of hydrogen-bond donors (Lipinski definition) is 2. The molecule has 0 spiro atoms. The number of aromatic nitrogens is 1. The molecular formula is C15H14N2O3. The highest BCUT2D eigenvalue weighted by atomic mass is 16.4. The molecule has 1 aromatic heterocycles. The summed E-state index contributed by atoms with van der Waals surface area (Å²) >= 11 is 0. The minimum absolute atomic E-state index is 0.231. The number of carbonyl (C=O) groups excluding carboxylic acids is 1. The highest BCUT2D eigenvalue weighted by Gasteiger charge is 2.23. The topological polar surface area (TPSA) is 79.3 Å². The molecule has 0 saturated heterocycles. The molecule has 1 heterocycles. The van der Waals surface area contributed by atoms with Crippen molar-refractivity contribution < 1.29 is 14.7 Å². The van der Waals surface area contributed by atoms with Gasteiger partial charge in [-0.05, 0) is 24.1 Å². The van der Waals surface area contributed by atoms with Crippen LogP contribution in [-0.4, -0.2) is 22.0 Å². The lowest BCUT2D eigenvalue weighted by Crippen LogP contribution is -2.34. The lowest BCUT2D eigenvalue weighted by molar-refractivity contribution is -0.139. The highest BCUT2D eigenvalue weighted by molar-refractivity contribution is 5.96. The van der Waals surface area contributed by atoms with E-state index in [0.717, 1.165) is 0 Å². The van der Waals surface area contributed by atoms with Crippen LogP contribution in [0.15, 0.2) is 48.7 Å². The van der Waals surface area contributed by atoms with E-state index in [-0.39, 0.29) is 5.69 Å². The Morgan fingerprint density at radius 3 is 2.45 bits per heavy atom. The van der Waals surface area contributed by atoms with Crippen LogP contribution in [0.1, 0.15) is 27.7 Å². The number of carboxylic acids is 1. The maximum atomic E-state index is 12.1. The first-order chi connectivity index (χ1) is 9.59. The number of amides is 1. The van der Waals surface area contributed by atoms with Gasteiger partial charge in [-0.2, -0.15) is 0 Å². The van der Waals surface area contributed by atoms with Gasteiger partial charge in [-0.15, -0.1) is 0 Å². The molecule has 0 saturated carbocycles. The molecule has 1 atom stereocenters. The third kappa shape index (κ3) is 3.00. The van der Waals surface area contributed by atoms with E-state index in [0.29, 0.717) is 11.1 Å². The van der Waals surface area contributed by atoms with E-state index < -0.39 is 17.9 Å². The van der Waals surface area contributed by atoms with E-state index in [1.54, 1.807) is 49.4 Å². The Morgan fingerprint density at radius 2 is 1.85 bits per heavy atom. The Kier molecular flexibility index (Phi) is 4.10. The van der Waals surface area contributed by atoms with E-state index in [1.165, 1.54) is 6.20 Å². The predicted octanol–water partition coefficient (Wildman–Crippen LogP) is 1.95. The zero-order chi connectivity index (χ0) is 14.5. The molecule has 5 heteroatoms. The molecule has 5 nitrogen and oxygen atoms in total. The minimum Gasteiger partial charge on any atom is -0.479 e. The number of hydrogen-bond acceptors (Lipinski definition) is 3. The second-order valence-electron chi connectivity index (χ2n) is 4.32. The van der Waals surface area contributed by atoms with Crippen molar-refractivity contribution in [3.63, 3.8) is 0 Å². The number of pyridine rings is 1. The molecule has 0 fully saturated rings. The number of nitrogens with zero attached hydrogens (tertiary/aromatic N) is 1. The number of rotatable bonds is 4. The number of nitrogens with one attached hydrogen (secondary N) is 1. The summed E-state index contributed by atoms with van der Waals surface area (Å²) in [5.74, 6) is -1.61. The summed E-state index contributed by atoms with van der Waals surface area (Å²) in [6, 6.07) is 10.9. The first-order valence-electron chi connectivity index (χ1n) is 6.10. The van der Waals surface area contributed by atoms with Gasteiger partial charge < -0.3 is 10.4 Å². The number of carbonyl (C=O) groups is 2. The second-order valence-corrected chi connectivity index (χ2v) is 4.32. The molecule has 2 aromatic rings. The van der Waals surface area contributed by atoms with Gasteiger partial charge in [-0.1, -0.05) is 36.4 Å². The van der Waals surface area contributed by atoms with Gasteiger partial charge in [-0.25, -0.2) is 4.79 Å². The molecular weight excluding hydrogens is 256 g/mol. The molecule has 102 valence electrons. The Bertz CT molecular complexity index is 626. The molecule has 0 unspecified atom stereocenters. The first kappa shape index (κ1) is 13.7. The monoisotopic (exact) mass is 270 g/mol. The molecule has 1 amide bonds. The minimum atomic E-state index is -1.11. The van der Waals surface area contributed by atoms with Gasteiger partial charge >= 0.3 is 5.97 Å². The van der Waals surface area contributed by atoms with Gasteiger partial charge in [0.2, 0.25) is 0 Å². The maximum absolute atomic E-state index is 12.1. The summed E-state index contributed by atoms with van der Waals surface area (Å²) < 4.78 is 0. The molecule has 0 bridgehead atoms. The van der Waals surface area contributed by atoms with E-state index in [4.69, 9.17) is 0 Å². The van der Waals surface area contributed by atoms with Crippen LogP contribution in [0.5, 0.6) is 0 Å². The van der Waals surface area contributed by atoms with Crippen molar-refractivity contribution >= 4 is 11.9 Å². The first-order valence-corrected chi connectivity index (χ1v) is 6.10. The smallest absolute Gasteiger partial charge is 0.330 e. The van der Waals surface area contributed by atoms with E-state index in [1.807, 2.05) is 0 Å². The van der Waals surface area contributed by atoms with Crippen molar-refractivity contribution in [3.05, 3.63) is 65.5 Å². The molecule has 2 rings (SSSR count). The lowest BCUT2D eigenvalue weighted by Gasteiger charge is -2.15. The van der Waals surface area contributed by atoms with Crippen molar-refractivity contribution in [2.75, 3.05) is 0 Å². The van der Waals surface area contributed by atoms with Crippen molar-refractivity contribution in [1.82, 2.24) is 10.3 Å². The van der Waals surface area contributed by atoms with Crippen LogP contribution in [0, 0.1) is 6.92 Å². The fourth-order valence-electron chi connectivity index (χ4n) is 1.86. The Hall–Kier alpha value is -2.69. The van der Waals surface area contributed by atoms with Crippen LogP contribution in [0.4, 0.5) is 0 Å². The number of carboxylic acid groups (broad SMARTS) is 1. The molecule has 20 heavy (non-hydrogen) atoms. The normalized spacial score (nSPS) is 11.7. The third-order valence-corrected chi connectivity index (χ3v) is 2.88. The summed E-state index contributed by atoms with van der Waals surface area (Å²) in [5, 5.41) is 11.7. The summed E-state index contributed by atoms with van der Waals surface area (Å²) in [4.78, 5) is 27.4. The molecule has 0 aliphatic rings. The highest BCUT2D eigenvalue weighted by Crippen LogP contribution is 2.14. The van der Waals surface area contributed by atoms with Gasteiger partial charge in [0.25, 0.3) is 5.91 Å². The molecule has 0 aliphatic carbocycles. The molecule has 2 N–H and O–H groups in total. The standard InChI is InChI=1S/C15H14N2O3/c1-10-6-5-9-16-12(10)14(18)17-13(15(19)20)11-7-3-2-4-8-11/h2-9,13H,1H3,(H,17,18)(H,19,20)/t13-/m1/s1. The van der Waals surface area contributed by atoms with Crippen LogP contribution in [-0.2, 0) is 4.79 Å². The lowest BCUT2D eigenvalue weighted by atomic mass is 10.1. The Balaban J connectivity index is 2.24. The van der Waals surface area contributed by atoms with Gasteiger partial charge in [0.05, 0.1) is 0 Å². The van der Waals surface area contributed by atoms with Crippen molar-refractivity contribution in [2.24, 2.45) is 0 Å². The number of benzene rings is 1. The van der Waals surface area contributed by atoms with Crippen LogP contribution >= 0.6 is 0 Å². The van der Waals surface area contributed by atoms with E-state index >= 15 is 0 Å². The molecule has 0 aliphatic heterocycles. The van der Waals surface area contributed by atoms with Crippen molar-refractivity contribution in [1.29, 1.82) is 0 Å². The molecule has 1 aromatic carbocycles. The molecule has 0 radical (unpaired) electrons. The average Bonchev–Trinajstić information content (AvgIpc) is 2.45. The van der Waals surface area contributed by atoms with Gasteiger partial charge in [-0.3, -0.25) is 9.78 Å². The third-order valence-electron chi connectivity index (χ3n) is 2.88. The second kappa shape index (κ2) is 5.97. The summed E-state index contributed by atoms with van der Waals surface area (Å²) in [6.45, 7) is 1.75. The van der Waals surface area contributed by atoms with Crippen molar-refractivity contribution in [3.8, 4) is 0 Å². The van der Waals surface area contributed by atoms with Crippen molar-refractivity contribution in [2.45, 2.75) is 13.0 Å². The largest absolute Gasteiger partial charge is 0.479 e. The maximum Gasteiger partial charge on any atom is 0.330 e. The fourth-order valence-corrected chi connectivity index (χ4v) is 1.86. The van der Waals surface area contributed by atoms with Gasteiger partial charge in [0.15, 0.2) is 6.04 Å². The van der Waals surface area contributed by atoms with Gasteiger partial charge in [0.1, 0.15) is 5.69 Å². The number of aryl methyl sites for hydroxylation is 1. The van der Waals surface area contributed by atoms with Crippen LogP contribution in [0.2, 0.25) is 0 Å². The predicted molar refractivity (Wildman–Crippen MR) is 73.3 cm³/mol. The average molecular weight is 270 g/mol. The fraction of sp³-hybridized carbons (Fsp3) is 0.133.